The van der Waals surface area contributed by atoms with Gasteiger partial charge in [-0.1, -0.05) is 0 Å². The number of amides is 1. The molecule has 1 saturated carbocycles. The largest absolute Gasteiger partial charge is 0.381 e. The van der Waals surface area contributed by atoms with Gasteiger partial charge in [0.2, 0.25) is 0 Å². The average molecular weight is 509 g/mol. The lowest BCUT2D eigenvalue weighted by Crippen LogP contribution is -2.30. The molecule has 2 aromatic heterocycles. The molecule has 7 nitrogen and oxygen atoms in total. The number of hydrogen-bond acceptors (Lipinski definition) is 4. The van der Waals surface area contributed by atoms with Gasteiger partial charge in [0.25, 0.3) is 11.5 Å². The number of aromatic nitrogens is 3. The third-order valence-electron chi connectivity index (χ3n) is 7.69. The van der Waals surface area contributed by atoms with Gasteiger partial charge in [-0.3, -0.25) is 14.0 Å². The first-order valence-corrected chi connectivity index (χ1v) is 12.3. The van der Waals surface area contributed by atoms with E-state index in [4.69, 9.17) is 4.74 Å². The zero-order chi connectivity index (χ0) is 23.7. The Labute approximate surface area is 212 Å². The van der Waals surface area contributed by atoms with Gasteiger partial charge in [-0.15, -0.1) is 12.4 Å². The van der Waals surface area contributed by atoms with Crippen molar-refractivity contribution in [3.63, 3.8) is 0 Å². The normalized spacial score (nSPS) is 18.0. The highest BCUT2D eigenvalue weighted by atomic mass is 35.5. The molecule has 0 radical (unpaired) electrons. The lowest BCUT2D eigenvalue weighted by Gasteiger charge is -2.22. The van der Waals surface area contributed by atoms with Crippen molar-refractivity contribution >= 4 is 40.6 Å². The molecule has 2 aromatic carbocycles. The highest BCUT2D eigenvalue weighted by Gasteiger charge is 2.33. The molecule has 36 heavy (non-hydrogen) atoms. The summed E-state index contributed by atoms with van der Waals surface area (Å²) >= 11 is 0. The maximum absolute atomic E-state index is 13.8. The monoisotopic (exact) mass is 508 g/mol. The molecule has 1 N–H and O–H groups in total. The zero-order valence-electron chi connectivity index (χ0n) is 19.6. The van der Waals surface area contributed by atoms with Crippen molar-refractivity contribution in [1.82, 2.24) is 14.4 Å². The van der Waals surface area contributed by atoms with E-state index in [-0.39, 0.29) is 35.6 Å². The number of H-pyrrole nitrogens is 1. The molecule has 0 unspecified atom stereocenters. The van der Waals surface area contributed by atoms with Crippen molar-refractivity contribution in [2.24, 2.45) is 0 Å². The lowest BCUT2D eigenvalue weighted by molar-refractivity contribution is 0.0835. The Morgan fingerprint density at radius 3 is 2.64 bits per heavy atom. The van der Waals surface area contributed by atoms with Crippen LogP contribution in [0.3, 0.4) is 0 Å². The molecule has 1 amide bonds. The van der Waals surface area contributed by atoms with Crippen LogP contribution < -0.4 is 10.5 Å². The van der Waals surface area contributed by atoms with E-state index >= 15 is 0 Å². The molecule has 2 aliphatic heterocycles. The van der Waals surface area contributed by atoms with Crippen molar-refractivity contribution in [2.45, 2.75) is 43.9 Å². The number of anilines is 1. The van der Waals surface area contributed by atoms with Gasteiger partial charge in [-0.05, 0) is 79.5 Å². The predicted molar refractivity (Wildman–Crippen MR) is 137 cm³/mol. The molecular formula is C27H26ClFN4O3. The van der Waals surface area contributed by atoms with E-state index in [0.717, 1.165) is 53.8 Å². The van der Waals surface area contributed by atoms with Crippen LogP contribution in [0.2, 0.25) is 0 Å². The maximum atomic E-state index is 13.8. The SMILES string of the molecule is Cl.O=C(c1cc2[nH]c(=O)c3cnc(C4CCOCC4)n3c2cc1C1CC1)N1CCc2cc(F)ccc21. The van der Waals surface area contributed by atoms with Crippen LogP contribution >= 0.6 is 12.4 Å². The first-order chi connectivity index (χ1) is 17.1. The number of carbonyl (C=O) groups is 1. The van der Waals surface area contributed by atoms with Gasteiger partial charge in [0.15, 0.2) is 0 Å². The summed E-state index contributed by atoms with van der Waals surface area (Å²) in [7, 11) is 0. The average Bonchev–Trinajstić information content (AvgIpc) is 3.48. The third-order valence-corrected chi connectivity index (χ3v) is 7.69. The van der Waals surface area contributed by atoms with Crippen molar-refractivity contribution in [2.75, 3.05) is 24.7 Å². The lowest BCUT2D eigenvalue weighted by atomic mass is 9.98. The zero-order valence-corrected chi connectivity index (χ0v) is 20.4. The number of nitrogens with zero attached hydrogens (tertiary/aromatic N) is 3. The molecule has 7 rings (SSSR count). The maximum Gasteiger partial charge on any atom is 0.274 e. The van der Waals surface area contributed by atoms with E-state index in [9.17, 15) is 14.0 Å². The van der Waals surface area contributed by atoms with Crippen LogP contribution in [0.5, 0.6) is 0 Å². The topological polar surface area (TPSA) is 79.7 Å². The Morgan fingerprint density at radius 2 is 1.86 bits per heavy atom. The minimum absolute atomic E-state index is 0. The highest BCUT2D eigenvalue weighted by Crippen LogP contribution is 2.44. The number of halogens is 2. The standard InChI is InChI=1S/C27H25FN4O3.ClH/c28-18-3-4-22-17(11-18)5-8-31(22)27(34)20-12-21-23(13-19(20)15-1-2-15)32-24(26(33)30-21)14-29-25(32)16-6-9-35-10-7-16;/h3-4,11-16H,1-2,5-10H2,(H,30,33);1H. The number of rotatable bonds is 3. The Bertz CT molecular complexity index is 1570. The quantitative estimate of drug-likeness (QED) is 0.434. The molecule has 1 aliphatic carbocycles. The van der Waals surface area contributed by atoms with Gasteiger partial charge in [0, 0.05) is 36.9 Å². The molecule has 9 heteroatoms. The van der Waals surface area contributed by atoms with Gasteiger partial charge in [0.05, 0.1) is 17.2 Å². The van der Waals surface area contributed by atoms with Gasteiger partial charge < -0.3 is 14.6 Å². The summed E-state index contributed by atoms with van der Waals surface area (Å²) in [6.45, 7) is 1.90. The second-order valence-corrected chi connectivity index (χ2v) is 9.89. The number of carbonyl (C=O) groups excluding carboxylic acids is 1. The van der Waals surface area contributed by atoms with Gasteiger partial charge >= 0.3 is 0 Å². The van der Waals surface area contributed by atoms with E-state index in [1.54, 1.807) is 17.2 Å². The van der Waals surface area contributed by atoms with Crippen LogP contribution in [0.1, 0.15) is 64.8 Å². The number of nitrogens with one attached hydrogen (secondary N) is 1. The van der Waals surface area contributed by atoms with E-state index < -0.39 is 0 Å². The molecular weight excluding hydrogens is 483 g/mol. The molecule has 2 fully saturated rings. The van der Waals surface area contributed by atoms with E-state index in [1.165, 1.54) is 12.1 Å². The van der Waals surface area contributed by atoms with Crippen molar-refractivity contribution in [3.05, 3.63) is 75.2 Å². The molecule has 0 spiro atoms. The second-order valence-electron chi connectivity index (χ2n) is 9.89. The Balaban J connectivity index is 0.00000240. The summed E-state index contributed by atoms with van der Waals surface area (Å²) in [4.78, 5) is 36.2. The minimum atomic E-state index is -0.287. The molecule has 4 aromatic rings. The summed E-state index contributed by atoms with van der Waals surface area (Å²) in [5.74, 6) is 1.05. The second kappa shape index (κ2) is 8.71. The Kier molecular flexibility index (Phi) is 5.61. The fourth-order valence-corrected chi connectivity index (χ4v) is 5.74. The summed E-state index contributed by atoms with van der Waals surface area (Å²) in [5, 5.41) is 0. The molecule has 186 valence electrons. The Hall–Kier alpha value is -3.23. The third kappa shape index (κ3) is 3.62. The molecule has 0 atom stereocenters. The summed E-state index contributed by atoms with van der Waals surface area (Å²) in [5.41, 5.74) is 5.04. The number of fused-ring (bicyclic) bond motifs is 4. The van der Waals surface area contributed by atoms with Gasteiger partial charge in [0.1, 0.15) is 17.2 Å². The van der Waals surface area contributed by atoms with Crippen LogP contribution in [0, 0.1) is 5.82 Å². The summed E-state index contributed by atoms with van der Waals surface area (Å²) in [6, 6.07) is 8.51. The number of hydrogen-bond donors (Lipinski definition) is 1. The van der Waals surface area contributed by atoms with Crippen LogP contribution in [-0.4, -0.2) is 40.0 Å². The van der Waals surface area contributed by atoms with Crippen molar-refractivity contribution in [3.8, 4) is 0 Å². The van der Waals surface area contributed by atoms with Crippen molar-refractivity contribution < 1.29 is 13.9 Å². The smallest absolute Gasteiger partial charge is 0.274 e. The van der Waals surface area contributed by atoms with E-state index in [2.05, 4.69) is 16.0 Å². The fraction of sp³-hybridized carbons (Fsp3) is 0.370. The Morgan fingerprint density at radius 1 is 1.06 bits per heavy atom. The predicted octanol–water partition coefficient (Wildman–Crippen LogP) is 4.71. The molecule has 3 aliphatic rings. The number of ether oxygens (including phenoxy) is 1. The van der Waals surface area contributed by atoms with Crippen LogP contribution in [-0.2, 0) is 11.2 Å². The molecule has 0 bridgehead atoms. The van der Waals surface area contributed by atoms with Crippen LogP contribution in [0.25, 0.3) is 16.6 Å². The first kappa shape index (κ1) is 23.2. The summed E-state index contributed by atoms with van der Waals surface area (Å²) in [6.07, 6.45) is 6.10. The van der Waals surface area contributed by atoms with Crippen molar-refractivity contribution in [1.29, 1.82) is 0 Å². The summed E-state index contributed by atoms with van der Waals surface area (Å²) < 4.78 is 21.2. The van der Waals surface area contributed by atoms with Crippen LogP contribution in [0.4, 0.5) is 10.1 Å². The molecule has 1 saturated heterocycles. The minimum Gasteiger partial charge on any atom is -0.381 e. The van der Waals surface area contributed by atoms with E-state index in [0.29, 0.717) is 48.7 Å². The fourth-order valence-electron chi connectivity index (χ4n) is 5.74. The number of benzene rings is 2. The van der Waals surface area contributed by atoms with Gasteiger partial charge in [-0.2, -0.15) is 0 Å². The highest BCUT2D eigenvalue weighted by molar-refractivity contribution is 6.10. The van der Waals surface area contributed by atoms with Gasteiger partial charge in [-0.25, -0.2) is 9.37 Å². The van der Waals surface area contributed by atoms with Crippen LogP contribution in [0.15, 0.2) is 41.3 Å². The van der Waals surface area contributed by atoms with E-state index in [1.807, 2.05) is 10.5 Å². The molecule has 4 heterocycles. The number of imidazole rings is 1. The number of aromatic amines is 1. The first-order valence-electron chi connectivity index (χ1n) is 12.3.